The Morgan fingerprint density at radius 2 is 1.83 bits per heavy atom. The van der Waals surface area contributed by atoms with E-state index in [9.17, 15) is 15.0 Å². The highest BCUT2D eigenvalue weighted by Crippen LogP contribution is 2.45. The van der Waals surface area contributed by atoms with E-state index < -0.39 is 34.2 Å². The molecule has 1 aliphatic rings. The van der Waals surface area contributed by atoms with Crippen LogP contribution in [0.3, 0.4) is 0 Å². The molecule has 0 bridgehead atoms. The van der Waals surface area contributed by atoms with E-state index in [0.717, 1.165) is 18.5 Å². The Balaban J connectivity index is 2.49. The summed E-state index contributed by atoms with van der Waals surface area (Å²) in [6, 6.07) is 5.82. The average Bonchev–Trinajstić information content (AvgIpc) is 2.99. The van der Waals surface area contributed by atoms with Crippen LogP contribution in [0.1, 0.15) is 44.3 Å². The summed E-state index contributed by atoms with van der Waals surface area (Å²) < 4.78 is 2.55. The summed E-state index contributed by atoms with van der Waals surface area (Å²) in [5.74, 6) is 0. The van der Waals surface area contributed by atoms with Crippen molar-refractivity contribution in [1.29, 1.82) is 0 Å². The van der Waals surface area contributed by atoms with Gasteiger partial charge >= 0.3 is 6.09 Å². The maximum absolute atomic E-state index is 11.9. The number of hydrogen-bond donors (Lipinski definition) is 2. The van der Waals surface area contributed by atoms with Gasteiger partial charge in [-0.15, -0.1) is 0 Å². The van der Waals surface area contributed by atoms with Crippen LogP contribution in [0, 0.1) is 0 Å². The van der Waals surface area contributed by atoms with E-state index in [2.05, 4.69) is 43.5 Å². The molecule has 0 saturated carbocycles. The van der Waals surface area contributed by atoms with Gasteiger partial charge in [0.15, 0.2) is 0 Å². The molecular weight excluding hydrogens is 420 g/mol. The van der Waals surface area contributed by atoms with Crippen LogP contribution >= 0.6 is 11.6 Å². The molecule has 1 aromatic rings. The zero-order chi connectivity index (χ0) is 22.2. The summed E-state index contributed by atoms with van der Waals surface area (Å²) in [6.07, 6.45) is 1.04. The Kier molecular flexibility index (Phi) is 7.20. The van der Waals surface area contributed by atoms with Crippen molar-refractivity contribution in [3.8, 4) is 0 Å². The van der Waals surface area contributed by atoms with Gasteiger partial charge in [0.1, 0.15) is 22.6 Å². The molecule has 2 unspecified atom stereocenters. The quantitative estimate of drug-likeness (QED) is 0.482. The Hall–Kier alpha value is -1.03. The second-order valence-electron chi connectivity index (χ2n) is 10.2. The maximum Gasteiger partial charge on any atom is 0.407 e. The number of aliphatic hydroxyl groups is 1. The van der Waals surface area contributed by atoms with Crippen molar-refractivity contribution in [2.75, 3.05) is 10.8 Å². The van der Waals surface area contributed by atoms with Gasteiger partial charge in [0.05, 0.1) is 10.6 Å². The Morgan fingerprint density at radius 1 is 1.24 bits per heavy atom. The number of carboxylic acid groups (broad SMARTS) is 1. The fourth-order valence-corrected chi connectivity index (χ4v) is 15.5. The number of aliphatic hydroxyl groups excluding tert-OH is 1. The molecule has 0 aliphatic carbocycles. The number of carbonyl (C=O) groups is 1. The summed E-state index contributed by atoms with van der Waals surface area (Å²) >= 11 is 6.77. The van der Waals surface area contributed by atoms with Gasteiger partial charge < -0.3 is 14.4 Å². The number of benzene rings is 1. The molecule has 0 aromatic heterocycles. The number of anilines is 1. The molecule has 164 valence electrons. The monoisotopic (exact) mass is 456 g/mol. The third-order valence-corrected chi connectivity index (χ3v) is 13.3. The van der Waals surface area contributed by atoms with Crippen LogP contribution in [-0.4, -0.2) is 49.8 Å². The molecule has 5 nitrogen and oxygen atoms in total. The van der Waals surface area contributed by atoms with Gasteiger partial charge in [0, 0.05) is 12.2 Å². The Bertz CT molecular complexity index is 734. The molecule has 2 rings (SSSR count). The highest BCUT2D eigenvalue weighted by atomic mass is 35.5. The lowest BCUT2D eigenvalue weighted by atomic mass is 9.81. The van der Waals surface area contributed by atoms with Gasteiger partial charge in [-0.2, -0.15) is 0 Å². The van der Waals surface area contributed by atoms with Gasteiger partial charge in [-0.25, -0.2) is 4.79 Å². The van der Waals surface area contributed by atoms with Crippen LogP contribution in [0.15, 0.2) is 18.2 Å². The zero-order valence-corrected chi connectivity index (χ0v) is 21.7. The van der Waals surface area contributed by atoms with Crippen LogP contribution in [-0.2, 0) is 0 Å². The van der Waals surface area contributed by atoms with Gasteiger partial charge in [0.2, 0.25) is 0 Å². The minimum absolute atomic E-state index is 0.469. The van der Waals surface area contributed by atoms with Crippen LogP contribution in [0.5, 0.6) is 0 Å². The molecule has 1 saturated heterocycles. The lowest BCUT2D eigenvalue weighted by molar-refractivity contribution is -0.00828. The van der Waals surface area contributed by atoms with E-state index in [1.54, 1.807) is 0 Å². The fourth-order valence-electron chi connectivity index (χ4n) is 5.21. The van der Waals surface area contributed by atoms with Crippen LogP contribution < -0.4 is 4.23 Å². The minimum atomic E-state index is -1.66. The molecule has 0 spiro atoms. The largest absolute Gasteiger partial charge is 0.465 e. The molecule has 1 aliphatic heterocycles. The van der Waals surface area contributed by atoms with Crippen molar-refractivity contribution < 1.29 is 15.0 Å². The third-order valence-electron chi connectivity index (χ3n) is 5.82. The number of rotatable bonds is 7. The Morgan fingerprint density at radius 3 is 2.28 bits per heavy atom. The van der Waals surface area contributed by atoms with E-state index in [1.165, 1.54) is 4.90 Å². The van der Waals surface area contributed by atoms with Gasteiger partial charge in [0.25, 0.3) is 0 Å². The molecule has 8 heteroatoms. The molecular formula is C21H37ClN2O3Si2. The standard InChI is InChI=1S/C21H37ClN2O3Si2/c1-8-12-21(13-9-14-23(21)20(26)27)19(25)16-10-11-18(17(22)15-16)24(28(2,3)4)29(5,6)7/h10-11,15,19,25H,8-9,12-14H2,1-7H3,(H,26,27). The predicted molar refractivity (Wildman–Crippen MR) is 127 cm³/mol. The van der Waals surface area contributed by atoms with Crippen molar-refractivity contribution >= 4 is 39.9 Å². The molecule has 1 amide bonds. The van der Waals surface area contributed by atoms with Crippen molar-refractivity contribution in [3.05, 3.63) is 28.8 Å². The smallest absolute Gasteiger partial charge is 0.407 e. The van der Waals surface area contributed by atoms with Crippen LogP contribution in [0.2, 0.25) is 44.3 Å². The van der Waals surface area contributed by atoms with Crippen molar-refractivity contribution in [3.63, 3.8) is 0 Å². The normalized spacial score (nSPS) is 21.3. The molecule has 2 N–H and O–H groups in total. The lowest BCUT2D eigenvalue weighted by Gasteiger charge is -2.46. The van der Waals surface area contributed by atoms with E-state index in [-0.39, 0.29) is 0 Å². The predicted octanol–water partition coefficient (Wildman–Crippen LogP) is 6.16. The number of hydrogen-bond acceptors (Lipinski definition) is 3. The van der Waals surface area contributed by atoms with Crippen LogP contribution in [0.25, 0.3) is 0 Å². The number of nitrogens with zero attached hydrogens (tertiary/aromatic N) is 2. The first-order chi connectivity index (χ1) is 13.3. The molecule has 1 fully saturated rings. The molecule has 29 heavy (non-hydrogen) atoms. The van der Waals surface area contributed by atoms with E-state index in [1.807, 2.05) is 25.1 Å². The first-order valence-electron chi connectivity index (χ1n) is 10.5. The van der Waals surface area contributed by atoms with Crippen molar-refractivity contribution in [2.24, 2.45) is 0 Å². The van der Waals surface area contributed by atoms with Gasteiger partial charge in [-0.1, -0.05) is 70.3 Å². The number of amides is 1. The first-order valence-corrected chi connectivity index (χ1v) is 17.8. The van der Waals surface area contributed by atoms with Crippen LogP contribution in [0.4, 0.5) is 10.5 Å². The highest BCUT2D eigenvalue weighted by molar-refractivity contribution is 6.99. The van der Waals surface area contributed by atoms with Gasteiger partial charge in [-0.3, -0.25) is 4.90 Å². The SMILES string of the molecule is CCCC1(C(O)c2ccc(N([Si](C)(C)C)[Si](C)(C)C)c(Cl)c2)CCCN1C(=O)O. The summed E-state index contributed by atoms with van der Waals surface area (Å²) in [5, 5.41) is 21.7. The number of likely N-dealkylation sites (tertiary alicyclic amines) is 1. The summed E-state index contributed by atoms with van der Waals surface area (Å²) in [5.41, 5.74) is 0.960. The Labute approximate surface area is 182 Å². The molecule has 0 radical (unpaired) electrons. The second-order valence-corrected chi connectivity index (χ2v) is 20.6. The molecule has 1 heterocycles. The minimum Gasteiger partial charge on any atom is -0.465 e. The summed E-state index contributed by atoms with van der Waals surface area (Å²) in [6.45, 7) is 16.4. The molecule has 1 aromatic carbocycles. The first kappa shape index (κ1) is 24.2. The highest BCUT2D eigenvalue weighted by Gasteiger charge is 2.49. The maximum atomic E-state index is 11.9. The van der Waals surface area contributed by atoms with Crippen molar-refractivity contribution in [1.82, 2.24) is 4.90 Å². The summed E-state index contributed by atoms with van der Waals surface area (Å²) in [4.78, 5) is 13.3. The molecule has 2 atom stereocenters. The third kappa shape index (κ3) is 4.84. The number of halogens is 1. The van der Waals surface area contributed by atoms with Gasteiger partial charge in [-0.05, 0) is 37.0 Å². The zero-order valence-electron chi connectivity index (χ0n) is 18.9. The van der Waals surface area contributed by atoms with E-state index >= 15 is 0 Å². The van der Waals surface area contributed by atoms with Crippen molar-refractivity contribution in [2.45, 2.75) is 83.5 Å². The fraction of sp³-hybridized carbons (Fsp3) is 0.667. The average molecular weight is 457 g/mol. The summed E-state index contributed by atoms with van der Waals surface area (Å²) in [7, 11) is -3.31. The van der Waals surface area contributed by atoms with E-state index in [0.29, 0.717) is 30.0 Å². The second kappa shape index (κ2) is 8.61. The topological polar surface area (TPSA) is 64.0 Å². The van der Waals surface area contributed by atoms with E-state index in [4.69, 9.17) is 11.6 Å². The lowest BCUT2D eigenvalue weighted by Crippen LogP contribution is -2.59.